The van der Waals surface area contributed by atoms with Crippen LogP contribution in [0.15, 0.2) is 65.7 Å². The molecule has 0 saturated carbocycles. The first kappa shape index (κ1) is 39.4. The van der Waals surface area contributed by atoms with Gasteiger partial charge >= 0.3 is 12.2 Å². The molecule has 2 aromatic carbocycles. The number of carbonyl (C=O) groups excluding carboxylic acids is 4. The lowest BCUT2D eigenvalue weighted by Gasteiger charge is -2.22. The van der Waals surface area contributed by atoms with Crippen LogP contribution in [0.5, 0.6) is 0 Å². The van der Waals surface area contributed by atoms with Crippen LogP contribution in [0.1, 0.15) is 75.3 Å². The van der Waals surface area contributed by atoms with Crippen molar-refractivity contribution in [3.63, 3.8) is 0 Å². The third-order valence-corrected chi connectivity index (χ3v) is 7.24. The van der Waals surface area contributed by atoms with Crippen molar-refractivity contribution in [2.24, 2.45) is 16.5 Å². The number of carbonyl (C=O) groups is 4. The van der Waals surface area contributed by atoms with Gasteiger partial charge in [-0.05, 0) is 49.7 Å². The van der Waals surface area contributed by atoms with Crippen LogP contribution in [0.2, 0.25) is 0 Å². The van der Waals surface area contributed by atoms with Crippen molar-refractivity contribution in [1.29, 1.82) is 0 Å². The number of nitrogens with one attached hydrogen (secondary N) is 3. The van der Waals surface area contributed by atoms with Crippen molar-refractivity contribution < 1.29 is 28.7 Å². The molecular formula is C35H53N7O6. The van der Waals surface area contributed by atoms with Gasteiger partial charge in [-0.15, -0.1) is 0 Å². The van der Waals surface area contributed by atoms with E-state index in [9.17, 15) is 19.2 Å². The molecule has 0 heterocycles. The lowest BCUT2D eigenvalue weighted by molar-refractivity contribution is -0.123. The fourth-order valence-corrected chi connectivity index (χ4v) is 4.61. The van der Waals surface area contributed by atoms with Crippen LogP contribution >= 0.6 is 0 Å². The van der Waals surface area contributed by atoms with Crippen LogP contribution in [-0.2, 0) is 32.3 Å². The molecule has 2 rings (SSSR count). The molecule has 0 aliphatic rings. The minimum atomic E-state index is -0.515. The van der Waals surface area contributed by atoms with Crippen molar-refractivity contribution in [2.75, 3.05) is 39.3 Å². The molecule has 2 aromatic rings. The number of guanidine groups is 1. The maximum absolute atomic E-state index is 12.9. The Kier molecular flexibility index (Phi) is 20.8. The molecule has 13 nitrogen and oxygen atoms in total. The molecule has 0 radical (unpaired) electrons. The number of benzene rings is 2. The summed E-state index contributed by atoms with van der Waals surface area (Å²) in [5.74, 6) is 0.0154. The lowest BCUT2D eigenvalue weighted by atomic mass is 10.1. The number of rotatable bonds is 24. The van der Waals surface area contributed by atoms with Crippen LogP contribution in [0.4, 0.5) is 9.59 Å². The lowest BCUT2D eigenvalue weighted by Crippen LogP contribution is -2.36. The number of hydrogen-bond donors (Lipinski definition) is 5. The van der Waals surface area contributed by atoms with E-state index >= 15 is 0 Å². The van der Waals surface area contributed by atoms with E-state index in [0.29, 0.717) is 77.8 Å². The van der Waals surface area contributed by atoms with Gasteiger partial charge in [0.25, 0.3) is 0 Å². The maximum atomic E-state index is 12.9. The van der Waals surface area contributed by atoms with Gasteiger partial charge in [0.2, 0.25) is 11.8 Å². The number of amides is 4. The average molecular weight is 668 g/mol. The summed E-state index contributed by atoms with van der Waals surface area (Å²) in [4.78, 5) is 54.7. The van der Waals surface area contributed by atoms with E-state index in [4.69, 9.17) is 20.9 Å². The third-order valence-electron chi connectivity index (χ3n) is 7.24. The zero-order valence-corrected chi connectivity index (χ0v) is 28.0. The van der Waals surface area contributed by atoms with Crippen molar-refractivity contribution in [2.45, 2.75) is 77.4 Å². The molecule has 0 aliphatic carbocycles. The molecular weight excluding hydrogens is 614 g/mol. The molecule has 0 bridgehead atoms. The monoisotopic (exact) mass is 667 g/mol. The van der Waals surface area contributed by atoms with Crippen LogP contribution in [0, 0.1) is 0 Å². The van der Waals surface area contributed by atoms with Crippen LogP contribution < -0.4 is 27.4 Å². The molecule has 13 heteroatoms. The highest BCUT2D eigenvalue weighted by Crippen LogP contribution is 2.07. The number of nitrogens with two attached hydrogens (primary N) is 2. The summed E-state index contributed by atoms with van der Waals surface area (Å²) < 4.78 is 10.8. The van der Waals surface area contributed by atoms with E-state index in [1.165, 1.54) is 0 Å². The summed E-state index contributed by atoms with van der Waals surface area (Å²) in [5.41, 5.74) is 12.4. The van der Waals surface area contributed by atoms with Crippen molar-refractivity contribution in [3.05, 3.63) is 71.8 Å². The summed E-state index contributed by atoms with van der Waals surface area (Å²) in [5, 5.41) is 8.48. The molecule has 264 valence electrons. The zero-order chi connectivity index (χ0) is 34.7. The second kappa shape index (κ2) is 25.3. The van der Waals surface area contributed by atoms with E-state index < -0.39 is 12.2 Å². The summed E-state index contributed by atoms with van der Waals surface area (Å²) in [7, 11) is 0. The Morgan fingerprint density at radius 1 is 0.604 bits per heavy atom. The molecule has 0 atom stereocenters. The molecule has 0 saturated heterocycles. The van der Waals surface area contributed by atoms with Crippen LogP contribution in [0.25, 0.3) is 0 Å². The second-order valence-electron chi connectivity index (χ2n) is 11.4. The van der Waals surface area contributed by atoms with Crippen LogP contribution in [0.3, 0.4) is 0 Å². The summed E-state index contributed by atoms with van der Waals surface area (Å²) >= 11 is 0. The number of hydrogen-bond acceptors (Lipinski definition) is 7. The summed E-state index contributed by atoms with van der Waals surface area (Å²) in [6, 6.07) is 18.9. The summed E-state index contributed by atoms with van der Waals surface area (Å²) in [6.07, 6.45) is 5.86. The minimum Gasteiger partial charge on any atom is -0.445 e. The SMILES string of the molecule is NC(N)=NCCCCCCC(=O)NCCCC(=O)NCCCCN(CCCNC(=O)OCc1ccccc1)C(=O)OCc1ccccc1. The first-order valence-electron chi connectivity index (χ1n) is 16.8. The van der Waals surface area contributed by atoms with Gasteiger partial charge in [-0.1, -0.05) is 73.5 Å². The Morgan fingerprint density at radius 2 is 1.15 bits per heavy atom. The summed E-state index contributed by atoms with van der Waals surface area (Å²) in [6.45, 7) is 3.07. The Balaban J connectivity index is 1.59. The zero-order valence-electron chi connectivity index (χ0n) is 28.0. The van der Waals surface area contributed by atoms with Gasteiger partial charge in [0.1, 0.15) is 13.2 Å². The van der Waals surface area contributed by atoms with Gasteiger partial charge in [0.15, 0.2) is 5.96 Å². The van der Waals surface area contributed by atoms with Crippen molar-refractivity contribution in [1.82, 2.24) is 20.9 Å². The van der Waals surface area contributed by atoms with Gasteiger partial charge in [0, 0.05) is 52.1 Å². The minimum absolute atomic E-state index is 0.00902. The number of aliphatic imine (C=N–C) groups is 1. The van der Waals surface area contributed by atoms with Crippen molar-refractivity contribution in [3.8, 4) is 0 Å². The Labute approximate surface area is 284 Å². The molecule has 0 unspecified atom stereocenters. The van der Waals surface area contributed by atoms with Gasteiger partial charge in [0.05, 0.1) is 0 Å². The molecule has 0 aromatic heterocycles. The average Bonchev–Trinajstić information content (AvgIpc) is 3.09. The van der Waals surface area contributed by atoms with E-state index in [0.717, 1.165) is 36.8 Å². The van der Waals surface area contributed by atoms with Gasteiger partial charge < -0.3 is 41.8 Å². The molecule has 0 spiro atoms. The molecule has 48 heavy (non-hydrogen) atoms. The molecule has 7 N–H and O–H groups in total. The predicted octanol–water partition coefficient (Wildman–Crippen LogP) is 3.96. The number of alkyl carbamates (subject to hydrolysis) is 1. The quantitative estimate of drug-likeness (QED) is 0.0631. The fourth-order valence-electron chi connectivity index (χ4n) is 4.61. The highest BCUT2D eigenvalue weighted by atomic mass is 16.6. The Bertz CT molecular complexity index is 1230. The Morgan fingerprint density at radius 3 is 1.79 bits per heavy atom. The largest absolute Gasteiger partial charge is 0.445 e. The fraction of sp³-hybridized carbons (Fsp3) is 0.514. The smallest absolute Gasteiger partial charge is 0.410 e. The van der Waals surface area contributed by atoms with Crippen molar-refractivity contribution >= 4 is 30.0 Å². The van der Waals surface area contributed by atoms with E-state index in [1.54, 1.807) is 4.90 Å². The topological polar surface area (TPSA) is 190 Å². The van der Waals surface area contributed by atoms with E-state index in [2.05, 4.69) is 20.9 Å². The highest BCUT2D eigenvalue weighted by molar-refractivity contribution is 5.77. The van der Waals surface area contributed by atoms with Gasteiger partial charge in [-0.2, -0.15) is 0 Å². The molecule has 0 aliphatic heterocycles. The highest BCUT2D eigenvalue weighted by Gasteiger charge is 2.15. The van der Waals surface area contributed by atoms with Gasteiger partial charge in [-0.3, -0.25) is 14.6 Å². The molecule has 0 fully saturated rings. The van der Waals surface area contributed by atoms with E-state index in [-0.39, 0.29) is 31.0 Å². The third kappa shape index (κ3) is 20.3. The number of unbranched alkanes of at least 4 members (excludes halogenated alkanes) is 4. The molecule has 4 amide bonds. The maximum Gasteiger partial charge on any atom is 0.410 e. The van der Waals surface area contributed by atoms with Gasteiger partial charge in [-0.25, -0.2) is 9.59 Å². The second-order valence-corrected chi connectivity index (χ2v) is 11.4. The van der Waals surface area contributed by atoms with E-state index in [1.807, 2.05) is 60.7 Å². The first-order chi connectivity index (χ1) is 23.3. The number of ether oxygens (including phenoxy) is 2. The number of nitrogens with zero attached hydrogens (tertiary/aromatic N) is 2. The standard InChI is InChI=1S/C35H53N7O6/c36-33(37)40-22-10-2-1-9-19-31(43)39-23-13-20-32(44)38-21-11-12-25-42(35(46)48-28-30-17-7-4-8-18-30)26-14-24-41-34(45)47-27-29-15-5-3-6-16-29/h3-8,15-18H,1-2,9-14,19-28H2,(H,38,44)(H,39,43)(H,41,45)(H4,36,37,40). The Hall–Kier alpha value is -4.81. The predicted molar refractivity (Wildman–Crippen MR) is 186 cm³/mol. The first-order valence-corrected chi connectivity index (χ1v) is 16.8. The normalized spacial score (nSPS) is 10.4. The van der Waals surface area contributed by atoms with Crippen LogP contribution in [-0.4, -0.2) is 74.1 Å².